The van der Waals surface area contributed by atoms with E-state index in [0.717, 1.165) is 37.2 Å². The van der Waals surface area contributed by atoms with Gasteiger partial charge in [0.05, 0.1) is 6.54 Å². The first-order valence-electron chi connectivity index (χ1n) is 6.49. The Hall–Kier alpha value is -1.55. The van der Waals surface area contributed by atoms with E-state index in [1.165, 1.54) is 0 Å². The van der Waals surface area contributed by atoms with Crippen molar-refractivity contribution in [1.29, 1.82) is 0 Å². The average molecular weight is 247 g/mol. The van der Waals surface area contributed by atoms with Gasteiger partial charge in [0.2, 0.25) is 5.91 Å². The fourth-order valence-electron chi connectivity index (χ4n) is 2.41. The first kappa shape index (κ1) is 12.9. The van der Waals surface area contributed by atoms with Gasteiger partial charge in [-0.05, 0) is 24.5 Å². The minimum atomic E-state index is 0.210. The number of nitrogens with zero attached hydrogens (tertiary/aromatic N) is 2. The van der Waals surface area contributed by atoms with E-state index in [2.05, 4.69) is 0 Å². The number of likely N-dealkylation sites (N-methyl/N-ethyl adjacent to an activating group) is 1. The Morgan fingerprint density at radius 1 is 1.33 bits per heavy atom. The molecule has 0 spiro atoms. The van der Waals surface area contributed by atoms with Crippen LogP contribution in [0.3, 0.4) is 0 Å². The summed E-state index contributed by atoms with van der Waals surface area (Å²) in [5.74, 6) is 0.210. The molecule has 1 amide bonds. The highest BCUT2D eigenvalue weighted by Gasteiger charge is 2.19. The summed E-state index contributed by atoms with van der Waals surface area (Å²) in [7, 11) is 1.95. The Bertz CT molecular complexity index is 413. The third kappa shape index (κ3) is 2.82. The molecule has 0 saturated carbocycles. The zero-order chi connectivity index (χ0) is 13.0. The monoisotopic (exact) mass is 247 g/mol. The summed E-state index contributed by atoms with van der Waals surface area (Å²) in [6, 6.07) is 7.97. The standard InChI is InChI=1S/C14H21N3O/c1-16(11-14(18)17-8-4-5-9-17)13-7-3-2-6-12(13)10-15/h2-3,6-7H,4-5,8-11,15H2,1H3. The van der Waals surface area contributed by atoms with Crippen LogP contribution in [0.1, 0.15) is 18.4 Å². The Morgan fingerprint density at radius 3 is 2.67 bits per heavy atom. The van der Waals surface area contributed by atoms with Crippen molar-refractivity contribution in [1.82, 2.24) is 4.90 Å². The lowest BCUT2D eigenvalue weighted by atomic mass is 10.1. The van der Waals surface area contributed by atoms with Crippen LogP contribution in [-0.4, -0.2) is 37.5 Å². The quantitative estimate of drug-likeness (QED) is 0.870. The van der Waals surface area contributed by atoms with Crippen LogP contribution in [0.2, 0.25) is 0 Å². The van der Waals surface area contributed by atoms with Gasteiger partial charge in [-0.3, -0.25) is 4.79 Å². The lowest BCUT2D eigenvalue weighted by Gasteiger charge is -2.24. The number of anilines is 1. The second-order valence-electron chi connectivity index (χ2n) is 4.78. The van der Waals surface area contributed by atoms with E-state index >= 15 is 0 Å². The minimum Gasteiger partial charge on any atom is -0.365 e. The van der Waals surface area contributed by atoms with Gasteiger partial charge in [-0.1, -0.05) is 18.2 Å². The average Bonchev–Trinajstić information content (AvgIpc) is 2.92. The van der Waals surface area contributed by atoms with Gasteiger partial charge in [-0.25, -0.2) is 0 Å². The third-order valence-electron chi connectivity index (χ3n) is 3.45. The zero-order valence-electron chi connectivity index (χ0n) is 10.9. The number of carbonyl (C=O) groups excluding carboxylic acids is 1. The molecule has 0 aliphatic carbocycles. The van der Waals surface area contributed by atoms with E-state index in [-0.39, 0.29) is 5.91 Å². The fourth-order valence-corrected chi connectivity index (χ4v) is 2.41. The van der Waals surface area contributed by atoms with Gasteiger partial charge >= 0.3 is 0 Å². The highest BCUT2D eigenvalue weighted by molar-refractivity contribution is 5.81. The predicted octanol–water partition coefficient (Wildman–Crippen LogP) is 1.20. The number of hydrogen-bond acceptors (Lipinski definition) is 3. The van der Waals surface area contributed by atoms with Crippen molar-refractivity contribution in [3.05, 3.63) is 29.8 Å². The molecular weight excluding hydrogens is 226 g/mol. The zero-order valence-corrected chi connectivity index (χ0v) is 10.9. The number of rotatable bonds is 4. The smallest absolute Gasteiger partial charge is 0.242 e. The van der Waals surface area contributed by atoms with Crippen LogP contribution in [0, 0.1) is 0 Å². The van der Waals surface area contributed by atoms with Crippen LogP contribution in [-0.2, 0) is 11.3 Å². The van der Waals surface area contributed by atoms with Crippen molar-refractivity contribution < 1.29 is 4.79 Å². The number of likely N-dealkylation sites (tertiary alicyclic amines) is 1. The van der Waals surface area contributed by atoms with Crippen molar-refractivity contribution >= 4 is 11.6 Å². The lowest BCUT2D eigenvalue weighted by Crippen LogP contribution is -2.37. The van der Waals surface area contributed by atoms with E-state index in [0.29, 0.717) is 13.1 Å². The largest absolute Gasteiger partial charge is 0.365 e. The molecule has 2 rings (SSSR count). The van der Waals surface area contributed by atoms with Crippen LogP contribution in [0.25, 0.3) is 0 Å². The molecule has 1 aliphatic rings. The molecule has 1 aromatic carbocycles. The molecule has 0 atom stereocenters. The first-order chi connectivity index (χ1) is 8.72. The molecule has 4 nitrogen and oxygen atoms in total. The molecule has 18 heavy (non-hydrogen) atoms. The topological polar surface area (TPSA) is 49.6 Å². The van der Waals surface area contributed by atoms with Crippen LogP contribution in [0.15, 0.2) is 24.3 Å². The lowest BCUT2D eigenvalue weighted by molar-refractivity contribution is -0.128. The second-order valence-corrected chi connectivity index (χ2v) is 4.78. The molecule has 1 saturated heterocycles. The summed E-state index contributed by atoms with van der Waals surface area (Å²) in [4.78, 5) is 16.0. The van der Waals surface area contributed by atoms with E-state index in [4.69, 9.17) is 5.73 Å². The molecule has 0 radical (unpaired) electrons. The van der Waals surface area contributed by atoms with Gasteiger partial charge in [0.1, 0.15) is 0 Å². The Kier molecular flexibility index (Phi) is 4.20. The van der Waals surface area contributed by atoms with Gasteiger partial charge in [0.15, 0.2) is 0 Å². The predicted molar refractivity (Wildman–Crippen MR) is 73.4 cm³/mol. The minimum absolute atomic E-state index is 0.210. The molecule has 1 aromatic rings. The van der Waals surface area contributed by atoms with E-state index in [9.17, 15) is 4.79 Å². The van der Waals surface area contributed by atoms with Crippen molar-refractivity contribution in [2.75, 3.05) is 31.6 Å². The van der Waals surface area contributed by atoms with E-state index < -0.39 is 0 Å². The van der Waals surface area contributed by atoms with Gasteiger partial charge in [0, 0.05) is 32.4 Å². The van der Waals surface area contributed by atoms with Gasteiger partial charge in [-0.2, -0.15) is 0 Å². The van der Waals surface area contributed by atoms with E-state index in [1.54, 1.807) is 0 Å². The van der Waals surface area contributed by atoms with Crippen molar-refractivity contribution in [2.24, 2.45) is 5.73 Å². The van der Waals surface area contributed by atoms with Crippen molar-refractivity contribution in [3.63, 3.8) is 0 Å². The normalized spacial score (nSPS) is 14.9. The van der Waals surface area contributed by atoms with Crippen molar-refractivity contribution in [3.8, 4) is 0 Å². The first-order valence-corrected chi connectivity index (χ1v) is 6.49. The highest BCUT2D eigenvalue weighted by atomic mass is 16.2. The number of benzene rings is 1. The van der Waals surface area contributed by atoms with Gasteiger partial charge < -0.3 is 15.5 Å². The Balaban J connectivity index is 2.02. The maximum absolute atomic E-state index is 12.1. The summed E-state index contributed by atoms with van der Waals surface area (Å²) in [6.45, 7) is 2.74. The molecule has 1 aliphatic heterocycles. The molecule has 0 aromatic heterocycles. The van der Waals surface area contributed by atoms with E-state index in [1.807, 2.05) is 41.1 Å². The maximum Gasteiger partial charge on any atom is 0.242 e. The third-order valence-corrected chi connectivity index (χ3v) is 3.45. The summed E-state index contributed by atoms with van der Waals surface area (Å²) < 4.78 is 0. The number of hydrogen-bond donors (Lipinski definition) is 1. The molecule has 4 heteroatoms. The van der Waals surface area contributed by atoms with Crippen molar-refractivity contribution in [2.45, 2.75) is 19.4 Å². The second kappa shape index (κ2) is 5.87. The number of para-hydroxylation sites is 1. The number of amides is 1. The molecule has 2 N–H and O–H groups in total. The molecule has 0 bridgehead atoms. The molecule has 98 valence electrons. The molecular formula is C14H21N3O. The summed E-state index contributed by atoms with van der Waals surface area (Å²) >= 11 is 0. The molecule has 0 unspecified atom stereocenters. The highest BCUT2D eigenvalue weighted by Crippen LogP contribution is 2.19. The maximum atomic E-state index is 12.1. The molecule has 1 heterocycles. The van der Waals surface area contributed by atoms with Crippen LogP contribution in [0.5, 0.6) is 0 Å². The van der Waals surface area contributed by atoms with Crippen LogP contribution in [0.4, 0.5) is 5.69 Å². The SMILES string of the molecule is CN(CC(=O)N1CCCC1)c1ccccc1CN. The number of nitrogens with two attached hydrogens (primary N) is 1. The van der Waals surface area contributed by atoms with Gasteiger partial charge in [-0.15, -0.1) is 0 Å². The fraction of sp³-hybridized carbons (Fsp3) is 0.500. The number of carbonyl (C=O) groups is 1. The summed E-state index contributed by atoms with van der Waals surface area (Å²) in [5, 5.41) is 0. The Labute approximate surface area is 108 Å². The Morgan fingerprint density at radius 2 is 2.00 bits per heavy atom. The van der Waals surface area contributed by atoms with Crippen LogP contribution >= 0.6 is 0 Å². The molecule has 1 fully saturated rings. The van der Waals surface area contributed by atoms with Crippen LogP contribution < -0.4 is 10.6 Å². The summed E-state index contributed by atoms with van der Waals surface area (Å²) in [6.07, 6.45) is 2.27. The summed E-state index contributed by atoms with van der Waals surface area (Å²) in [5.41, 5.74) is 7.85. The van der Waals surface area contributed by atoms with Gasteiger partial charge in [0.25, 0.3) is 0 Å².